The van der Waals surface area contributed by atoms with E-state index in [-0.39, 0.29) is 5.82 Å². The lowest BCUT2D eigenvalue weighted by Gasteiger charge is -2.17. The summed E-state index contributed by atoms with van der Waals surface area (Å²) < 4.78 is 5.15. The minimum absolute atomic E-state index is 0.285. The van der Waals surface area contributed by atoms with E-state index in [9.17, 15) is 4.79 Å². The van der Waals surface area contributed by atoms with Gasteiger partial charge in [-0.3, -0.25) is 4.79 Å². The average molecular weight is 224 g/mol. The van der Waals surface area contributed by atoms with E-state index < -0.39 is 11.9 Å². The Balaban J connectivity index is 2.09. The topological polar surface area (TPSA) is 76.2 Å². The highest BCUT2D eigenvalue weighted by Gasteiger charge is 2.25. The van der Waals surface area contributed by atoms with Crippen molar-refractivity contribution in [2.75, 3.05) is 0 Å². The number of nitrogens with zero attached hydrogens (tertiary/aromatic N) is 2. The van der Waals surface area contributed by atoms with Crippen LogP contribution in [-0.4, -0.2) is 21.2 Å². The van der Waals surface area contributed by atoms with Crippen molar-refractivity contribution in [3.8, 4) is 0 Å². The molecule has 0 radical (unpaired) electrons. The molecule has 1 aliphatic carbocycles. The Morgan fingerprint density at radius 1 is 1.44 bits per heavy atom. The van der Waals surface area contributed by atoms with Gasteiger partial charge in [0.2, 0.25) is 5.89 Å². The van der Waals surface area contributed by atoms with Gasteiger partial charge < -0.3 is 9.63 Å². The number of hydrogen-bond acceptors (Lipinski definition) is 4. The van der Waals surface area contributed by atoms with E-state index in [2.05, 4.69) is 10.1 Å². The molecule has 0 spiro atoms. The zero-order valence-electron chi connectivity index (χ0n) is 9.35. The summed E-state index contributed by atoms with van der Waals surface area (Å²) in [5, 5.41) is 12.6. The molecule has 1 fully saturated rings. The molecule has 5 heteroatoms. The number of carboxylic acids is 1. The summed E-state index contributed by atoms with van der Waals surface area (Å²) in [6.45, 7) is 1.57. The number of hydrogen-bond donors (Lipinski definition) is 1. The van der Waals surface area contributed by atoms with Gasteiger partial charge in [-0.2, -0.15) is 4.98 Å². The highest BCUT2D eigenvalue weighted by Crippen LogP contribution is 2.31. The van der Waals surface area contributed by atoms with Gasteiger partial charge >= 0.3 is 5.97 Å². The van der Waals surface area contributed by atoms with Gasteiger partial charge in [0.05, 0.1) is 0 Å². The van der Waals surface area contributed by atoms with Crippen molar-refractivity contribution >= 4 is 5.97 Å². The van der Waals surface area contributed by atoms with Crippen molar-refractivity contribution in [2.24, 2.45) is 0 Å². The molecule has 0 amide bonds. The summed E-state index contributed by atoms with van der Waals surface area (Å²) in [4.78, 5) is 15.0. The summed E-state index contributed by atoms with van der Waals surface area (Å²) in [5.41, 5.74) is 0. The lowest BCUT2D eigenvalue weighted by atomic mass is 9.89. The Bertz CT molecular complexity index is 369. The van der Waals surface area contributed by atoms with Crippen LogP contribution in [0.3, 0.4) is 0 Å². The van der Waals surface area contributed by atoms with Crippen LogP contribution in [0.15, 0.2) is 4.52 Å². The second-order valence-electron chi connectivity index (χ2n) is 4.39. The number of rotatable bonds is 3. The Labute approximate surface area is 93.9 Å². The first-order chi connectivity index (χ1) is 7.68. The van der Waals surface area contributed by atoms with Crippen LogP contribution < -0.4 is 0 Å². The molecule has 1 saturated carbocycles. The third-order valence-electron chi connectivity index (χ3n) is 3.17. The maximum Gasteiger partial charge on any atom is 0.314 e. The molecular weight excluding hydrogens is 208 g/mol. The van der Waals surface area contributed by atoms with Gasteiger partial charge in [0.25, 0.3) is 0 Å². The zero-order chi connectivity index (χ0) is 11.5. The van der Waals surface area contributed by atoms with E-state index in [1.807, 2.05) is 0 Å². The summed E-state index contributed by atoms with van der Waals surface area (Å²) >= 11 is 0. The van der Waals surface area contributed by atoms with Gasteiger partial charge in [-0.25, -0.2) is 0 Å². The fourth-order valence-electron chi connectivity index (χ4n) is 2.05. The van der Waals surface area contributed by atoms with Gasteiger partial charge in [-0.1, -0.05) is 24.4 Å². The molecule has 0 bridgehead atoms. The number of aromatic nitrogens is 2. The van der Waals surface area contributed by atoms with Crippen molar-refractivity contribution in [1.82, 2.24) is 10.1 Å². The summed E-state index contributed by atoms with van der Waals surface area (Å²) in [6, 6.07) is 0. The van der Waals surface area contributed by atoms with Crippen LogP contribution in [0.5, 0.6) is 0 Å². The molecule has 16 heavy (non-hydrogen) atoms. The lowest BCUT2D eigenvalue weighted by molar-refractivity contribution is -0.138. The molecule has 1 aromatic heterocycles. The van der Waals surface area contributed by atoms with Crippen LogP contribution in [0.2, 0.25) is 0 Å². The Hall–Kier alpha value is -1.39. The molecular formula is C11H16N2O3. The van der Waals surface area contributed by atoms with Crippen LogP contribution in [0, 0.1) is 0 Å². The maximum atomic E-state index is 10.8. The summed E-state index contributed by atoms with van der Waals surface area (Å²) in [6.07, 6.45) is 5.79. The molecule has 88 valence electrons. The number of carboxylic acid groups (broad SMARTS) is 1. The molecule has 0 aromatic carbocycles. The minimum Gasteiger partial charge on any atom is -0.481 e. The van der Waals surface area contributed by atoms with Crippen LogP contribution in [-0.2, 0) is 4.79 Å². The van der Waals surface area contributed by atoms with Crippen molar-refractivity contribution in [3.05, 3.63) is 11.7 Å². The van der Waals surface area contributed by atoms with E-state index in [0.717, 1.165) is 12.8 Å². The maximum absolute atomic E-state index is 10.8. The quantitative estimate of drug-likeness (QED) is 0.852. The van der Waals surface area contributed by atoms with Crippen LogP contribution in [0.1, 0.15) is 62.6 Å². The van der Waals surface area contributed by atoms with Crippen molar-refractivity contribution in [1.29, 1.82) is 0 Å². The standard InChI is InChI=1S/C11H16N2O3/c1-7(11(14)15)9-12-10(16-13-9)8-5-3-2-4-6-8/h7-8H,2-6H2,1H3,(H,14,15). The molecule has 1 unspecified atom stereocenters. The van der Waals surface area contributed by atoms with Crippen LogP contribution in [0.4, 0.5) is 0 Å². The average Bonchev–Trinajstić information content (AvgIpc) is 2.78. The van der Waals surface area contributed by atoms with Crippen molar-refractivity contribution in [2.45, 2.75) is 50.9 Å². The van der Waals surface area contributed by atoms with E-state index in [1.165, 1.54) is 19.3 Å². The number of aliphatic carboxylic acids is 1. The monoisotopic (exact) mass is 224 g/mol. The third kappa shape index (κ3) is 2.23. The first-order valence-electron chi connectivity index (χ1n) is 5.75. The molecule has 0 aliphatic heterocycles. The van der Waals surface area contributed by atoms with Gasteiger partial charge in [0.15, 0.2) is 5.82 Å². The molecule has 2 rings (SSSR count). The summed E-state index contributed by atoms with van der Waals surface area (Å²) in [5.74, 6) is -0.385. The molecule has 0 saturated heterocycles. The fourth-order valence-corrected chi connectivity index (χ4v) is 2.05. The van der Waals surface area contributed by atoms with E-state index in [4.69, 9.17) is 9.63 Å². The van der Waals surface area contributed by atoms with E-state index in [1.54, 1.807) is 6.92 Å². The molecule has 1 N–H and O–H groups in total. The van der Waals surface area contributed by atoms with Crippen LogP contribution >= 0.6 is 0 Å². The Morgan fingerprint density at radius 3 is 2.75 bits per heavy atom. The Morgan fingerprint density at radius 2 is 2.12 bits per heavy atom. The summed E-state index contributed by atoms with van der Waals surface area (Å²) in [7, 11) is 0. The normalized spacial score (nSPS) is 19.6. The molecule has 1 heterocycles. The smallest absolute Gasteiger partial charge is 0.314 e. The van der Waals surface area contributed by atoms with Crippen molar-refractivity contribution < 1.29 is 14.4 Å². The highest BCUT2D eigenvalue weighted by atomic mass is 16.5. The number of carbonyl (C=O) groups is 1. The van der Waals surface area contributed by atoms with Gasteiger partial charge in [0.1, 0.15) is 5.92 Å². The second kappa shape index (κ2) is 4.63. The van der Waals surface area contributed by atoms with E-state index >= 15 is 0 Å². The first-order valence-corrected chi connectivity index (χ1v) is 5.75. The highest BCUT2D eigenvalue weighted by molar-refractivity contribution is 5.74. The van der Waals surface area contributed by atoms with Crippen molar-refractivity contribution in [3.63, 3.8) is 0 Å². The van der Waals surface area contributed by atoms with Crippen LogP contribution in [0.25, 0.3) is 0 Å². The fraction of sp³-hybridized carbons (Fsp3) is 0.727. The molecule has 1 aliphatic rings. The lowest BCUT2D eigenvalue weighted by Crippen LogP contribution is -2.10. The van der Waals surface area contributed by atoms with Gasteiger partial charge in [0, 0.05) is 5.92 Å². The van der Waals surface area contributed by atoms with Gasteiger partial charge in [-0.05, 0) is 19.8 Å². The zero-order valence-corrected chi connectivity index (χ0v) is 9.35. The molecule has 1 atom stereocenters. The van der Waals surface area contributed by atoms with Gasteiger partial charge in [-0.15, -0.1) is 0 Å². The Kier molecular flexibility index (Phi) is 3.22. The molecule has 1 aromatic rings. The predicted octanol–water partition coefficient (Wildman–Crippen LogP) is 2.31. The predicted molar refractivity (Wildman–Crippen MR) is 56.2 cm³/mol. The SMILES string of the molecule is CC(C(=O)O)c1noc(C2CCCCC2)n1. The largest absolute Gasteiger partial charge is 0.481 e. The minimum atomic E-state index is -0.920. The molecule has 5 nitrogen and oxygen atoms in total. The first kappa shape index (κ1) is 11.1. The second-order valence-corrected chi connectivity index (χ2v) is 4.39. The third-order valence-corrected chi connectivity index (χ3v) is 3.17. The van der Waals surface area contributed by atoms with E-state index in [0.29, 0.717) is 11.8 Å².